The van der Waals surface area contributed by atoms with E-state index in [9.17, 15) is 27.2 Å². The summed E-state index contributed by atoms with van der Waals surface area (Å²) in [5, 5.41) is 1.02. The fourth-order valence-corrected chi connectivity index (χ4v) is 4.57. The number of aromatic nitrogens is 1. The number of hydrogen-bond donors (Lipinski definition) is 1. The fraction of sp³-hybridized carbons (Fsp3) is 0.290. The number of benzene rings is 3. The molecule has 0 spiro atoms. The number of halogens is 4. The Balaban J connectivity index is 1.56. The van der Waals surface area contributed by atoms with Gasteiger partial charge in [0.15, 0.2) is 0 Å². The fourth-order valence-electron chi connectivity index (χ4n) is 4.57. The van der Waals surface area contributed by atoms with E-state index < -0.39 is 23.5 Å². The number of hydrogen-bond acceptors (Lipinski definition) is 2. The highest BCUT2D eigenvalue weighted by atomic mass is 19.4. The smallest absolute Gasteiger partial charge is 0.361 e. The van der Waals surface area contributed by atoms with Crippen molar-refractivity contribution in [2.45, 2.75) is 38.9 Å². The van der Waals surface area contributed by atoms with E-state index in [1.54, 1.807) is 4.90 Å². The number of unbranched alkanes of at least 4 members (excludes halogenated alkanes) is 1. The van der Waals surface area contributed by atoms with Crippen LogP contribution in [0.4, 0.5) is 17.6 Å². The molecule has 2 amide bonds. The number of H-pyrrole nitrogens is 1. The Hall–Kier alpha value is -4.14. The van der Waals surface area contributed by atoms with Gasteiger partial charge in [-0.05, 0) is 60.4 Å². The van der Waals surface area contributed by atoms with Crippen molar-refractivity contribution in [3.8, 4) is 0 Å². The minimum absolute atomic E-state index is 0.0785. The van der Waals surface area contributed by atoms with Gasteiger partial charge >= 0.3 is 6.18 Å². The second-order valence-electron chi connectivity index (χ2n) is 9.71. The lowest BCUT2D eigenvalue weighted by molar-refractivity contribution is -0.137. The molecule has 0 aliphatic carbocycles. The summed E-state index contributed by atoms with van der Waals surface area (Å²) in [6.45, 7) is 2.41. The molecular weight excluding hydrogens is 522 g/mol. The van der Waals surface area contributed by atoms with Gasteiger partial charge in [0, 0.05) is 42.3 Å². The Morgan fingerprint density at radius 3 is 2.35 bits per heavy atom. The first-order chi connectivity index (χ1) is 19.2. The zero-order valence-electron chi connectivity index (χ0n) is 22.2. The van der Waals surface area contributed by atoms with Crippen molar-refractivity contribution in [3.05, 3.63) is 107 Å². The van der Waals surface area contributed by atoms with Crippen LogP contribution in [0, 0.1) is 5.82 Å². The maximum absolute atomic E-state index is 13.8. The molecule has 0 bridgehead atoms. The summed E-state index contributed by atoms with van der Waals surface area (Å²) in [4.78, 5) is 33.0. The second-order valence-corrected chi connectivity index (χ2v) is 9.71. The van der Waals surface area contributed by atoms with E-state index in [2.05, 4.69) is 4.98 Å². The summed E-state index contributed by atoms with van der Waals surface area (Å²) in [6.07, 6.45) is -0.629. The molecule has 0 unspecified atom stereocenters. The first-order valence-corrected chi connectivity index (χ1v) is 13.2. The Labute approximate surface area is 230 Å². The molecule has 0 atom stereocenters. The molecule has 3 aromatic carbocycles. The van der Waals surface area contributed by atoms with E-state index in [0.29, 0.717) is 24.9 Å². The van der Waals surface area contributed by atoms with E-state index in [0.717, 1.165) is 41.1 Å². The van der Waals surface area contributed by atoms with Crippen LogP contribution in [-0.4, -0.2) is 46.2 Å². The zero-order valence-corrected chi connectivity index (χ0v) is 22.2. The molecule has 1 aromatic heterocycles. The molecule has 0 aliphatic heterocycles. The van der Waals surface area contributed by atoms with Gasteiger partial charge in [-0.1, -0.05) is 49.7 Å². The highest BCUT2D eigenvalue weighted by Gasteiger charge is 2.30. The van der Waals surface area contributed by atoms with E-state index in [4.69, 9.17) is 0 Å². The van der Waals surface area contributed by atoms with Gasteiger partial charge < -0.3 is 14.8 Å². The number of aromatic amines is 1. The second kappa shape index (κ2) is 12.8. The number of nitrogens with one attached hydrogen (secondary N) is 1. The van der Waals surface area contributed by atoms with Gasteiger partial charge in [-0.25, -0.2) is 4.39 Å². The van der Waals surface area contributed by atoms with Gasteiger partial charge in [0.1, 0.15) is 12.4 Å². The van der Waals surface area contributed by atoms with E-state index in [1.165, 1.54) is 35.2 Å². The molecule has 4 aromatic rings. The Morgan fingerprint density at radius 2 is 1.65 bits per heavy atom. The van der Waals surface area contributed by atoms with Crippen molar-refractivity contribution in [1.29, 1.82) is 0 Å². The zero-order chi connectivity index (χ0) is 28.7. The first kappa shape index (κ1) is 28.9. The Bertz CT molecular complexity index is 1450. The Kier molecular flexibility index (Phi) is 9.24. The molecule has 4 rings (SSSR count). The quantitative estimate of drug-likeness (QED) is 0.207. The topological polar surface area (TPSA) is 56.4 Å². The average molecular weight is 554 g/mol. The molecule has 0 saturated heterocycles. The molecule has 5 nitrogen and oxygen atoms in total. The van der Waals surface area contributed by atoms with Crippen molar-refractivity contribution < 1.29 is 27.2 Å². The lowest BCUT2D eigenvalue weighted by Crippen LogP contribution is -2.43. The summed E-state index contributed by atoms with van der Waals surface area (Å²) in [6, 6.07) is 17.8. The van der Waals surface area contributed by atoms with Gasteiger partial charge in [0.25, 0.3) is 5.91 Å². The predicted molar refractivity (Wildman–Crippen MR) is 146 cm³/mol. The molecule has 0 saturated carbocycles. The Morgan fingerprint density at radius 1 is 0.900 bits per heavy atom. The minimum Gasteiger partial charge on any atom is -0.361 e. The molecule has 1 heterocycles. The van der Waals surface area contributed by atoms with Crippen LogP contribution in [0.3, 0.4) is 0 Å². The van der Waals surface area contributed by atoms with Crippen LogP contribution in [-0.2, 0) is 23.9 Å². The molecule has 210 valence electrons. The van der Waals surface area contributed by atoms with E-state index >= 15 is 0 Å². The monoisotopic (exact) mass is 553 g/mol. The first-order valence-electron chi connectivity index (χ1n) is 13.2. The summed E-state index contributed by atoms with van der Waals surface area (Å²) < 4.78 is 53.0. The number of rotatable bonds is 11. The number of amides is 2. The molecule has 0 aliphatic rings. The number of fused-ring (bicyclic) bond motifs is 1. The van der Waals surface area contributed by atoms with Crippen molar-refractivity contribution in [2.24, 2.45) is 0 Å². The summed E-state index contributed by atoms with van der Waals surface area (Å²) in [7, 11) is 0. The largest absolute Gasteiger partial charge is 0.416 e. The van der Waals surface area contributed by atoms with Crippen LogP contribution in [0.2, 0.25) is 0 Å². The number of alkyl halides is 3. The van der Waals surface area contributed by atoms with Crippen LogP contribution < -0.4 is 0 Å². The van der Waals surface area contributed by atoms with Gasteiger partial charge in [-0.3, -0.25) is 9.59 Å². The van der Waals surface area contributed by atoms with Crippen LogP contribution >= 0.6 is 0 Å². The van der Waals surface area contributed by atoms with Gasteiger partial charge in [0.05, 0.1) is 5.56 Å². The molecule has 0 radical (unpaired) electrons. The van der Waals surface area contributed by atoms with Gasteiger partial charge in [-0.2, -0.15) is 13.2 Å². The summed E-state index contributed by atoms with van der Waals surface area (Å²) in [5.74, 6) is -1.34. The van der Waals surface area contributed by atoms with Crippen LogP contribution in [0.5, 0.6) is 0 Å². The molecule has 9 heteroatoms. The third-order valence-corrected chi connectivity index (χ3v) is 6.80. The number of para-hydroxylation sites is 1. The number of nitrogens with zero attached hydrogens (tertiary/aromatic N) is 2. The molecule has 1 N–H and O–H groups in total. The summed E-state index contributed by atoms with van der Waals surface area (Å²) >= 11 is 0. The summed E-state index contributed by atoms with van der Waals surface area (Å²) in [5.41, 5.74) is 1.89. The maximum Gasteiger partial charge on any atom is 0.416 e. The van der Waals surface area contributed by atoms with Gasteiger partial charge in [0.2, 0.25) is 5.91 Å². The number of carbonyl (C=O) groups is 2. The molecular formula is C31H31F4N3O2. The van der Waals surface area contributed by atoms with Crippen LogP contribution in [0.25, 0.3) is 10.9 Å². The van der Waals surface area contributed by atoms with Crippen molar-refractivity contribution in [2.75, 3.05) is 19.6 Å². The van der Waals surface area contributed by atoms with Gasteiger partial charge in [-0.15, -0.1) is 0 Å². The van der Waals surface area contributed by atoms with Crippen molar-refractivity contribution >= 4 is 22.7 Å². The third kappa shape index (κ3) is 7.28. The predicted octanol–water partition coefficient (Wildman–Crippen LogP) is 6.84. The van der Waals surface area contributed by atoms with Crippen LogP contribution in [0.15, 0.2) is 79.0 Å². The van der Waals surface area contributed by atoms with E-state index in [-0.39, 0.29) is 31.1 Å². The van der Waals surface area contributed by atoms with Crippen LogP contribution in [0.1, 0.15) is 46.8 Å². The maximum atomic E-state index is 13.8. The highest BCUT2D eigenvalue weighted by Crippen LogP contribution is 2.29. The highest BCUT2D eigenvalue weighted by molar-refractivity contribution is 5.96. The standard InChI is InChI=1S/C31H31F4N3O2/c1-2-3-16-38(30(40)23-7-6-8-26(32)18-23)21-29(39)37(20-22-11-13-25(14-12-22)31(33,34)35)17-15-24-19-36-28-10-5-4-9-27(24)28/h4-14,18-19,36H,2-3,15-17,20-21H2,1H3. The number of carbonyl (C=O) groups excluding carboxylic acids is 2. The molecule has 0 fully saturated rings. The minimum atomic E-state index is -4.46. The third-order valence-electron chi connectivity index (χ3n) is 6.80. The average Bonchev–Trinajstić information content (AvgIpc) is 3.35. The lowest BCUT2D eigenvalue weighted by Gasteiger charge is -2.28. The van der Waals surface area contributed by atoms with Crippen molar-refractivity contribution in [1.82, 2.24) is 14.8 Å². The molecule has 40 heavy (non-hydrogen) atoms. The normalized spacial score (nSPS) is 11.5. The lowest BCUT2D eigenvalue weighted by atomic mass is 10.1. The van der Waals surface area contributed by atoms with Crippen molar-refractivity contribution in [3.63, 3.8) is 0 Å². The SMILES string of the molecule is CCCCN(CC(=O)N(CCc1c[nH]c2ccccc12)Cc1ccc(C(F)(F)F)cc1)C(=O)c1cccc(F)c1. The van der Waals surface area contributed by atoms with E-state index in [1.807, 2.05) is 37.4 Å².